The summed E-state index contributed by atoms with van der Waals surface area (Å²) in [5.41, 5.74) is 0.891. The average Bonchev–Trinajstić information content (AvgIpc) is 2.52. The van der Waals surface area contributed by atoms with Crippen molar-refractivity contribution in [1.29, 1.82) is 0 Å². The van der Waals surface area contributed by atoms with Crippen LogP contribution in [0.4, 0.5) is 0 Å². The van der Waals surface area contributed by atoms with Gasteiger partial charge in [-0.2, -0.15) is 4.31 Å². The van der Waals surface area contributed by atoms with E-state index < -0.39 is 15.3 Å². The van der Waals surface area contributed by atoms with Gasteiger partial charge in [-0.3, -0.25) is 0 Å². The van der Waals surface area contributed by atoms with Crippen molar-refractivity contribution in [1.82, 2.24) is 9.62 Å². The number of nitrogens with one attached hydrogen (secondary N) is 1. The lowest BCUT2D eigenvalue weighted by Crippen LogP contribution is -2.37. The Morgan fingerprint density at radius 1 is 1.42 bits per heavy atom. The predicted octanol–water partition coefficient (Wildman–Crippen LogP) is 0.819. The van der Waals surface area contributed by atoms with Crippen LogP contribution in [0.3, 0.4) is 0 Å². The average molecular weight is 284 g/mol. The van der Waals surface area contributed by atoms with Gasteiger partial charge in [0.1, 0.15) is 5.75 Å². The number of sulfonamides is 1. The lowest BCUT2D eigenvalue weighted by atomic mass is 10.2. The van der Waals surface area contributed by atoms with Crippen LogP contribution in [-0.4, -0.2) is 44.7 Å². The first kappa shape index (κ1) is 14.3. The highest BCUT2D eigenvalue weighted by Gasteiger charge is 2.31. The molecule has 0 saturated carbocycles. The van der Waals surface area contributed by atoms with E-state index in [0.717, 1.165) is 11.3 Å². The van der Waals surface area contributed by atoms with Gasteiger partial charge >= 0.3 is 0 Å². The van der Waals surface area contributed by atoms with Crippen LogP contribution in [0.25, 0.3) is 0 Å². The molecule has 1 saturated heterocycles. The number of methoxy groups -OCH3 is 1. The third kappa shape index (κ3) is 3.08. The van der Waals surface area contributed by atoms with Crippen LogP contribution in [0.2, 0.25) is 0 Å². The van der Waals surface area contributed by atoms with Crippen molar-refractivity contribution in [3.05, 3.63) is 29.8 Å². The second kappa shape index (κ2) is 5.90. The molecule has 0 radical (unpaired) electrons. The molecule has 1 N–H and O–H groups in total. The van der Waals surface area contributed by atoms with E-state index in [1.165, 1.54) is 4.31 Å². The topological polar surface area (TPSA) is 58.6 Å². The quantitative estimate of drug-likeness (QED) is 0.893. The van der Waals surface area contributed by atoms with Crippen molar-refractivity contribution in [3.63, 3.8) is 0 Å². The van der Waals surface area contributed by atoms with Crippen molar-refractivity contribution >= 4 is 10.0 Å². The molecule has 0 aromatic heterocycles. The number of hydrogen-bond donors (Lipinski definition) is 1. The molecule has 0 bridgehead atoms. The monoisotopic (exact) mass is 284 g/mol. The lowest BCUT2D eigenvalue weighted by molar-refractivity contribution is 0.382. The highest BCUT2D eigenvalue weighted by molar-refractivity contribution is 7.89. The smallest absolute Gasteiger partial charge is 0.218 e. The van der Waals surface area contributed by atoms with Gasteiger partial charge in [-0.25, -0.2) is 8.42 Å². The van der Waals surface area contributed by atoms with Gasteiger partial charge < -0.3 is 10.1 Å². The van der Waals surface area contributed by atoms with Crippen molar-refractivity contribution in [2.75, 3.05) is 26.7 Å². The molecule has 0 aliphatic carbocycles. The lowest BCUT2D eigenvalue weighted by Gasteiger charge is -2.23. The highest BCUT2D eigenvalue weighted by atomic mass is 32.2. The Morgan fingerprint density at radius 3 is 2.89 bits per heavy atom. The molecule has 1 unspecified atom stereocenters. The Hall–Kier alpha value is -1.11. The summed E-state index contributed by atoms with van der Waals surface area (Å²) in [6, 6.07) is 7.52. The van der Waals surface area contributed by atoms with Crippen molar-refractivity contribution in [2.45, 2.75) is 18.7 Å². The van der Waals surface area contributed by atoms with Crippen LogP contribution >= 0.6 is 0 Å². The zero-order valence-corrected chi connectivity index (χ0v) is 12.1. The van der Waals surface area contributed by atoms with Crippen molar-refractivity contribution < 1.29 is 13.2 Å². The van der Waals surface area contributed by atoms with E-state index in [1.54, 1.807) is 14.0 Å². The van der Waals surface area contributed by atoms with Crippen LogP contribution in [0.1, 0.15) is 12.5 Å². The van der Waals surface area contributed by atoms with E-state index in [9.17, 15) is 8.42 Å². The van der Waals surface area contributed by atoms with Gasteiger partial charge in [0.05, 0.1) is 12.4 Å². The van der Waals surface area contributed by atoms with Crippen molar-refractivity contribution in [3.8, 4) is 5.75 Å². The van der Waals surface area contributed by atoms with E-state index in [2.05, 4.69) is 5.32 Å². The number of ether oxygens (including phenoxy) is 1. The molecule has 1 aliphatic rings. The Bertz CT molecular complexity index is 530. The van der Waals surface area contributed by atoms with Gasteiger partial charge in [-0.1, -0.05) is 18.2 Å². The number of hydrogen-bond acceptors (Lipinski definition) is 4. The molecule has 1 atom stereocenters. The third-order valence-electron chi connectivity index (χ3n) is 3.38. The Labute approximate surface area is 114 Å². The molecule has 2 rings (SSSR count). The van der Waals surface area contributed by atoms with Crippen LogP contribution < -0.4 is 10.1 Å². The van der Waals surface area contributed by atoms with E-state index in [4.69, 9.17) is 4.74 Å². The molecule has 6 heteroatoms. The van der Waals surface area contributed by atoms with Gasteiger partial charge in [0.2, 0.25) is 10.0 Å². The summed E-state index contributed by atoms with van der Waals surface area (Å²) in [5.74, 6) is 0.725. The van der Waals surface area contributed by atoms with Crippen molar-refractivity contribution in [2.24, 2.45) is 0 Å². The summed E-state index contributed by atoms with van der Waals surface area (Å²) in [4.78, 5) is 0. The number of rotatable bonds is 3. The largest absolute Gasteiger partial charge is 0.496 e. The molecule has 1 aromatic rings. The fraction of sp³-hybridized carbons (Fsp3) is 0.538. The second-order valence-electron chi connectivity index (χ2n) is 4.71. The van der Waals surface area contributed by atoms with Gasteiger partial charge in [-0.15, -0.1) is 0 Å². The van der Waals surface area contributed by atoms with E-state index in [-0.39, 0.29) is 0 Å². The van der Waals surface area contributed by atoms with Crippen LogP contribution in [0.15, 0.2) is 24.3 Å². The maximum absolute atomic E-state index is 12.4. The Kier molecular flexibility index (Phi) is 4.44. The SMILES string of the molecule is COc1ccccc1CN1CCNCC(C)S1(=O)=O. The Balaban J connectivity index is 2.25. The van der Waals surface area contributed by atoms with Crippen LogP contribution in [0.5, 0.6) is 5.75 Å². The standard InChI is InChI=1S/C13H20N2O3S/c1-11-9-14-7-8-15(19(11,16)17)10-12-5-3-4-6-13(12)18-2/h3-6,11,14H,7-10H2,1-2H3. The predicted molar refractivity (Wildman–Crippen MR) is 74.7 cm³/mol. The fourth-order valence-electron chi connectivity index (χ4n) is 2.19. The molecule has 5 nitrogen and oxygen atoms in total. The number of para-hydroxylation sites is 1. The fourth-order valence-corrected chi connectivity index (χ4v) is 3.69. The maximum atomic E-state index is 12.4. The molecular weight excluding hydrogens is 264 g/mol. The minimum Gasteiger partial charge on any atom is -0.496 e. The third-order valence-corrected chi connectivity index (χ3v) is 5.59. The first-order valence-corrected chi connectivity index (χ1v) is 7.87. The molecule has 1 aliphatic heterocycles. The normalized spacial score (nSPS) is 23.8. The summed E-state index contributed by atoms with van der Waals surface area (Å²) in [5, 5.41) is 2.75. The summed E-state index contributed by atoms with van der Waals surface area (Å²) in [7, 11) is -1.65. The molecule has 1 fully saturated rings. The summed E-state index contributed by atoms with van der Waals surface area (Å²) in [6.07, 6.45) is 0. The molecule has 1 heterocycles. The number of nitrogens with zero attached hydrogens (tertiary/aromatic N) is 1. The zero-order chi connectivity index (χ0) is 13.9. The summed E-state index contributed by atoms with van der Waals surface area (Å²) < 4.78 is 31.6. The first-order chi connectivity index (χ1) is 9.05. The minimum atomic E-state index is -3.25. The van der Waals surface area contributed by atoms with Crippen LogP contribution in [-0.2, 0) is 16.6 Å². The molecule has 1 aromatic carbocycles. The second-order valence-corrected chi connectivity index (χ2v) is 7.06. The highest BCUT2D eigenvalue weighted by Crippen LogP contribution is 2.22. The van der Waals surface area contributed by atoms with E-state index >= 15 is 0 Å². The maximum Gasteiger partial charge on any atom is 0.218 e. The molecule has 19 heavy (non-hydrogen) atoms. The van der Waals surface area contributed by atoms with Gasteiger partial charge in [0.25, 0.3) is 0 Å². The van der Waals surface area contributed by atoms with Gasteiger partial charge in [0.15, 0.2) is 0 Å². The minimum absolute atomic E-state index is 0.359. The molecule has 0 spiro atoms. The molecule has 0 amide bonds. The Morgan fingerprint density at radius 2 is 2.16 bits per heavy atom. The summed E-state index contributed by atoms with van der Waals surface area (Å²) >= 11 is 0. The summed E-state index contributed by atoms with van der Waals surface area (Å²) in [6.45, 7) is 3.77. The zero-order valence-electron chi connectivity index (χ0n) is 11.3. The first-order valence-electron chi connectivity index (χ1n) is 6.37. The van der Waals surface area contributed by atoms with Gasteiger partial charge in [0, 0.05) is 31.7 Å². The molecule has 106 valence electrons. The number of benzene rings is 1. The van der Waals surface area contributed by atoms with Crippen LogP contribution in [0, 0.1) is 0 Å². The van der Waals surface area contributed by atoms with Gasteiger partial charge in [-0.05, 0) is 13.0 Å². The van der Waals surface area contributed by atoms with E-state index in [1.807, 2.05) is 24.3 Å². The van der Waals surface area contributed by atoms with E-state index in [0.29, 0.717) is 26.2 Å². The molecular formula is C13H20N2O3S.